The molecule has 398 valence electrons. The molecular weight excluding hydrogens is 997 g/mol. The van der Waals surface area contributed by atoms with Gasteiger partial charge in [0.2, 0.25) is 0 Å². The van der Waals surface area contributed by atoms with E-state index in [4.69, 9.17) is 0 Å². The Kier molecular flexibility index (Phi) is 10.2. The number of benzene rings is 8. The highest BCUT2D eigenvalue weighted by Crippen LogP contribution is 2.62. The van der Waals surface area contributed by atoms with Crippen LogP contribution in [0.3, 0.4) is 0 Å². The molecule has 0 radical (unpaired) electrons. The van der Waals surface area contributed by atoms with Crippen molar-refractivity contribution in [1.82, 2.24) is 9.13 Å². The summed E-state index contributed by atoms with van der Waals surface area (Å²) < 4.78 is 5.30. The second-order valence-electron chi connectivity index (χ2n) is 27.7. The maximum absolute atomic E-state index is 2.66. The van der Waals surface area contributed by atoms with Gasteiger partial charge in [0, 0.05) is 32.9 Å². The second kappa shape index (κ2) is 17.2. The Morgan fingerprint density at radius 3 is 1.04 bits per heavy atom. The quantitative estimate of drug-likeness (QED) is 0.128. The minimum Gasteiger partial charge on any atom is -0.309 e. The van der Waals surface area contributed by atoms with Crippen molar-refractivity contribution in [3.05, 3.63) is 169 Å². The molecule has 4 heteroatoms. The van der Waals surface area contributed by atoms with Crippen molar-refractivity contribution >= 4 is 80.5 Å². The topological polar surface area (TPSA) is 9.86 Å². The first-order chi connectivity index (χ1) is 39.3. The molecule has 8 bridgehead atoms. The molecule has 4 heterocycles. The van der Waals surface area contributed by atoms with Crippen LogP contribution >= 0.6 is 0 Å². The van der Waals surface area contributed by atoms with Crippen molar-refractivity contribution in [2.75, 3.05) is 0 Å². The molecular formula is C76H76N2Si2. The van der Waals surface area contributed by atoms with Gasteiger partial charge in [0.25, 0.3) is 0 Å². The number of rotatable bonds is 9. The summed E-state index contributed by atoms with van der Waals surface area (Å²) in [6.45, 7) is 9.95. The first-order valence-corrected chi connectivity index (χ1v) is 36.8. The third-order valence-electron chi connectivity index (χ3n) is 24.6. The maximum atomic E-state index is 2.66. The lowest BCUT2D eigenvalue weighted by atomic mass is 9.51. The van der Waals surface area contributed by atoms with Crippen molar-refractivity contribution in [2.24, 2.45) is 47.3 Å². The first kappa shape index (κ1) is 47.4. The third-order valence-corrected chi connectivity index (χ3v) is 35.3. The Bertz CT molecular complexity index is 3920. The van der Waals surface area contributed by atoms with Crippen LogP contribution < -0.4 is 20.7 Å². The summed E-state index contributed by atoms with van der Waals surface area (Å²) in [5.74, 6) is 8.83. The van der Waals surface area contributed by atoms with Crippen LogP contribution in [0.2, 0.25) is 24.2 Å². The highest BCUT2D eigenvalue weighted by atomic mass is 28.3. The van der Waals surface area contributed by atoms with Gasteiger partial charge in [-0.15, -0.1) is 0 Å². The van der Waals surface area contributed by atoms with Crippen LogP contribution in [-0.2, 0) is 0 Å². The fourth-order valence-electron chi connectivity index (χ4n) is 21.5. The van der Waals surface area contributed by atoms with Gasteiger partial charge in [-0.2, -0.15) is 0 Å². The van der Waals surface area contributed by atoms with Crippen LogP contribution in [0.1, 0.15) is 115 Å². The lowest BCUT2D eigenvalue weighted by Gasteiger charge is -2.54. The minimum atomic E-state index is -2.00. The molecule has 8 saturated carbocycles. The van der Waals surface area contributed by atoms with Gasteiger partial charge < -0.3 is 9.13 Å². The van der Waals surface area contributed by atoms with Gasteiger partial charge in [-0.1, -0.05) is 149 Å². The van der Waals surface area contributed by atoms with Gasteiger partial charge in [-0.25, -0.2) is 0 Å². The molecule has 80 heavy (non-hydrogen) atoms. The molecule has 0 spiro atoms. The fraction of sp³-hybridized carbons (Fsp3) is 0.368. The van der Waals surface area contributed by atoms with Crippen molar-refractivity contribution in [1.29, 1.82) is 0 Å². The summed E-state index contributed by atoms with van der Waals surface area (Å²) in [6, 6.07) is 69.7. The molecule has 20 rings (SSSR count). The Hall–Kier alpha value is -6.21. The fourth-order valence-corrected chi connectivity index (χ4v) is 30.7. The van der Waals surface area contributed by atoms with E-state index in [-0.39, 0.29) is 0 Å². The normalized spacial score (nSPS) is 27.6. The largest absolute Gasteiger partial charge is 0.309 e. The van der Waals surface area contributed by atoms with Crippen LogP contribution in [0.4, 0.5) is 0 Å². The molecule has 0 saturated heterocycles. The molecule has 8 aromatic carbocycles. The number of nitrogens with zero attached hydrogens (tertiary/aromatic N) is 2. The number of para-hydroxylation sites is 2. The number of hydrogen-bond acceptors (Lipinski definition) is 0. The van der Waals surface area contributed by atoms with E-state index in [1.54, 1.807) is 31.9 Å². The van der Waals surface area contributed by atoms with Crippen molar-refractivity contribution in [3.63, 3.8) is 0 Å². The zero-order valence-corrected chi connectivity index (χ0v) is 49.6. The van der Waals surface area contributed by atoms with E-state index < -0.39 is 16.1 Å². The van der Waals surface area contributed by atoms with E-state index in [2.05, 4.69) is 195 Å². The smallest absolute Gasteiger partial charge is 0.119 e. The predicted octanol–water partition coefficient (Wildman–Crippen LogP) is 17.8. The number of aromatic nitrogens is 2. The summed E-state index contributed by atoms with van der Waals surface area (Å²) in [7, 11) is -4.00. The zero-order chi connectivity index (χ0) is 52.9. The minimum absolute atomic E-state index is 0.714. The van der Waals surface area contributed by atoms with Gasteiger partial charge in [0.15, 0.2) is 0 Å². The SMILES string of the molecule is CC[Si]1(CC)c2ccc(-c3ccc4c(c3)-c3cc(-n5c6ccccc6c6ccc(C7C8CC9CC(C8)CC7C9)cc65)ccc3[Si]4(CC)CC)cc2-c2cc(-n3c4ccccc4c4ccc(C5C6CC7CC(C6)CC5C7)cc43)ccc21. The highest BCUT2D eigenvalue weighted by molar-refractivity contribution is 7.06. The summed E-state index contributed by atoms with van der Waals surface area (Å²) in [5.41, 5.74) is 19.9. The van der Waals surface area contributed by atoms with Crippen LogP contribution in [0.5, 0.6) is 0 Å². The monoisotopic (exact) mass is 1070 g/mol. The van der Waals surface area contributed by atoms with E-state index in [0.29, 0.717) is 11.8 Å². The second-order valence-corrected chi connectivity index (χ2v) is 37.0. The molecule has 10 aromatic rings. The van der Waals surface area contributed by atoms with E-state index in [9.17, 15) is 0 Å². The molecule has 0 atom stereocenters. The molecule has 0 N–H and O–H groups in total. The molecule has 2 aliphatic heterocycles. The highest BCUT2D eigenvalue weighted by Gasteiger charge is 2.51. The van der Waals surface area contributed by atoms with Gasteiger partial charge in [0.05, 0.1) is 22.1 Å². The first-order valence-electron chi connectivity index (χ1n) is 32.0. The van der Waals surface area contributed by atoms with Crippen LogP contribution in [0.15, 0.2) is 158 Å². The summed E-state index contributed by atoms with van der Waals surface area (Å²) in [5, 5.41) is 12.1. The summed E-state index contributed by atoms with van der Waals surface area (Å²) in [6.07, 6.45) is 14.7. The lowest BCUT2D eigenvalue weighted by molar-refractivity contribution is -0.00280. The molecule has 0 amide bonds. The van der Waals surface area contributed by atoms with E-state index in [1.165, 1.54) is 177 Å². The molecule has 8 aliphatic carbocycles. The number of hydrogen-bond donors (Lipinski definition) is 0. The van der Waals surface area contributed by atoms with Crippen molar-refractivity contribution in [2.45, 2.75) is 128 Å². The Labute approximate surface area is 475 Å². The molecule has 2 nitrogen and oxygen atoms in total. The van der Waals surface area contributed by atoms with Gasteiger partial charge in [-0.3, -0.25) is 0 Å². The van der Waals surface area contributed by atoms with Gasteiger partial charge in [0.1, 0.15) is 16.1 Å². The Balaban J connectivity index is 0.761. The van der Waals surface area contributed by atoms with Crippen LogP contribution in [0, 0.1) is 47.3 Å². The Morgan fingerprint density at radius 2 is 0.662 bits per heavy atom. The van der Waals surface area contributed by atoms with E-state index in [0.717, 1.165) is 47.3 Å². The lowest BCUT2D eigenvalue weighted by Crippen LogP contribution is -2.54. The third kappa shape index (κ3) is 6.36. The van der Waals surface area contributed by atoms with Gasteiger partial charge in [-0.05, 0) is 249 Å². The van der Waals surface area contributed by atoms with E-state index in [1.807, 2.05) is 0 Å². The van der Waals surface area contributed by atoms with Crippen LogP contribution in [-0.4, -0.2) is 25.3 Å². The predicted molar refractivity (Wildman–Crippen MR) is 343 cm³/mol. The molecule has 2 aromatic heterocycles. The average molecular weight is 1070 g/mol. The van der Waals surface area contributed by atoms with Gasteiger partial charge >= 0.3 is 0 Å². The average Bonchev–Trinajstić information content (AvgIpc) is 4.18. The summed E-state index contributed by atoms with van der Waals surface area (Å²) >= 11 is 0. The molecule has 8 fully saturated rings. The standard InChI is InChI=1S/C76H76N2Si2/c1-5-79(6-2)71-25-19-49(39-63(71)65-43-57(21-27-73(65)79)77-67-15-11-9-13-59(67)61-23-17-51(41-69(61)77)75-53-31-45-29-46(33-53)34-54(75)32-45)50-20-26-72-64(40-50)66-44-58(22-28-74(66)80(72,7-3)8-4)78-68-16-12-10-14-60(68)62-24-18-52(42-70(62)78)76-55-35-47-30-48(37-55)38-56(76)36-47/h9-28,39-48,53-56,75-76H,5-8,29-38H2,1-4H3. The molecule has 0 unspecified atom stereocenters. The van der Waals surface area contributed by atoms with E-state index >= 15 is 0 Å². The van der Waals surface area contributed by atoms with Crippen molar-refractivity contribution < 1.29 is 0 Å². The maximum Gasteiger partial charge on any atom is 0.119 e. The van der Waals surface area contributed by atoms with Crippen molar-refractivity contribution in [3.8, 4) is 44.8 Å². The summed E-state index contributed by atoms with van der Waals surface area (Å²) in [4.78, 5) is 0. The zero-order valence-electron chi connectivity index (χ0n) is 47.6. The Morgan fingerprint density at radius 1 is 0.325 bits per heavy atom. The van der Waals surface area contributed by atoms with Crippen LogP contribution in [0.25, 0.3) is 88.4 Å². The number of fused-ring (bicyclic) bond motifs is 12. The molecule has 10 aliphatic rings.